The molecule has 9 heteroatoms. The molecule has 6 nitrogen and oxygen atoms in total. The number of rotatable bonds is 4. The zero-order valence-corrected chi connectivity index (χ0v) is 14.1. The first-order valence-corrected chi connectivity index (χ1v) is 8.21. The van der Waals surface area contributed by atoms with E-state index >= 15 is 0 Å². The highest BCUT2D eigenvalue weighted by molar-refractivity contribution is 7.14. The van der Waals surface area contributed by atoms with E-state index in [1.165, 1.54) is 30.5 Å². The van der Waals surface area contributed by atoms with Crippen LogP contribution < -0.4 is 5.32 Å². The van der Waals surface area contributed by atoms with Crippen LogP contribution in [-0.4, -0.2) is 15.8 Å². The summed E-state index contributed by atoms with van der Waals surface area (Å²) in [5.74, 6) is -1.82. The van der Waals surface area contributed by atoms with E-state index < -0.39 is 22.5 Å². The maximum Gasteiger partial charge on any atom is 0.273 e. The second-order valence-corrected chi connectivity index (χ2v) is 6.18. The van der Waals surface area contributed by atoms with Crippen molar-refractivity contribution in [2.24, 2.45) is 0 Å². The Kier molecular flexibility index (Phi) is 4.72. The third-order valence-electron chi connectivity index (χ3n) is 3.68. The number of nitro groups is 1. The largest absolute Gasteiger partial charge is 0.298 e. The number of hydrogen-bond acceptors (Lipinski definition) is 5. The Morgan fingerprint density at radius 1 is 1.27 bits per heavy atom. The number of carbonyl (C=O) groups is 1. The topological polar surface area (TPSA) is 85.1 Å². The lowest BCUT2D eigenvalue weighted by Crippen LogP contribution is -2.14. The SMILES string of the molecule is Cc1c(C(=O)Nc2nc(-c3cc(F)ccc3F)cs2)cccc1[N+](=O)[O-]. The molecular formula is C17H11F2N3O3S. The van der Waals surface area contributed by atoms with Crippen LogP contribution in [0.3, 0.4) is 0 Å². The number of thiazole rings is 1. The molecule has 2 aromatic carbocycles. The van der Waals surface area contributed by atoms with E-state index in [1.807, 2.05) is 0 Å². The van der Waals surface area contributed by atoms with Crippen LogP contribution in [0.5, 0.6) is 0 Å². The lowest BCUT2D eigenvalue weighted by Gasteiger charge is -2.05. The summed E-state index contributed by atoms with van der Waals surface area (Å²) in [5.41, 5.74) is 0.349. The fourth-order valence-electron chi connectivity index (χ4n) is 2.38. The van der Waals surface area contributed by atoms with Crippen molar-refractivity contribution < 1.29 is 18.5 Å². The molecule has 0 aliphatic heterocycles. The Labute approximate surface area is 150 Å². The van der Waals surface area contributed by atoms with E-state index in [1.54, 1.807) is 0 Å². The summed E-state index contributed by atoms with van der Waals surface area (Å²) >= 11 is 1.03. The fourth-order valence-corrected chi connectivity index (χ4v) is 3.09. The van der Waals surface area contributed by atoms with Crippen molar-refractivity contribution in [3.05, 3.63) is 74.7 Å². The molecule has 0 aliphatic rings. The summed E-state index contributed by atoms with van der Waals surface area (Å²) in [6.45, 7) is 1.47. The molecule has 0 spiro atoms. The molecule has 0 aliphatic carbocycles. The van der Waals surface area contributed by atoms with Crippen LogP contribution in [0.2, 0.25) is 0 Å². The molecule has 0 bridgehead atoms. The first kappa shape index (κ1) is 17.6. The summed E-state index contributed by atoms with van der Waals surface area (Å²) in [7, 11) is 0. The van der Waals surface area contributed by atoms with Crippen molar-refractivity contribution >= 4 is 28.1 Å². The van der Waals surface area contributed by atoms with Gasteiger partial charge >= 0.3 is 0 Å². The molecule has 0 fully saturated rings. The molecule has 3 aromatic rings. The number of nitrogens with zero attached hydrogens (tertiary/aromatic N) is 2. The Morgan fingerprint density at radius 3 is 2.77 bits per heavy atom. The van der Waals surface area contributed by atoms with Gasteiger partial charge in [-0.05, 0) is 31.2 Å². The minimum Gasteiger partial charge on any atom is -0.298 e. The van der Waals surface area contributed by atoms with Crippen molar-refractivity contribution in [2.45, 2.75) is 6.92 Å². The van der Waals surface area contributed by atoms with Crippen molar-refractivity contribution in [3.63, 3.8) is 0 Å². The summed E-state index contributed by atoms with van der Waals surface area (Å²) in [6, 6.07) is 7.18. The van der Waals surface area contributed by atoms with Crippen LogP contribution in [0.1, 0.15) is 15.9 Å². The molecule has 132 valence electrons. The maximum absolute atomic E-state index is 13.8. The number of hydrogen-bond donors (Lipinski definition) is 1. The van der Waals surface area contributed by atoms with Gasteiger partial charge in [-0.25, -0.2) is 13.8 Å². The molecule has 0 saturated carbocycles. The number of benzene rings is 2. The number of amides is 1. The lowest BCUT2D eigenvalue weighted by atomic mass is 10.1. The molecule has 0 unspecified atom stereocenters. The van der Waals surface area contributed by atoms with Crippen LogP contribution in [-0.2, 0) is 0 Å². The van der Waals surface area contributed by atoms with Crippen molar-refractivity contribution in [1.29, 1.82) is 0 Å². The Morgan fingerprint density at radius 2 is 2.04 bits per heavy atom. The highest BCUT2D eigenvalue weighted by atomic mass is 32.1. The number of carbonyl (C=O) groups excluding carboxylic acids is 1. The predicted octanol–water partition coefficient (Wildman–Crippen LogP) is 4.56. The third-order valence-corrected chi connectivity index (χ3v) is 4.43. The minimum absolute atomic E-state index is 0.0201. The second kappa shape index (κ2) is 6.96. The molecule has 1 N–H and O–H groups in total. The average Bonchev–Trinajstić information content (AvgIpc) is 3.05. The van der Waals surface area contributed by atoms with Gasteiger partial charge in [0.05, 0.1) is 10.6 Å². The summed E-state index contributed by atoms with van der Waals surface area (Å²) in [6.07, 6.45) is 0. The van der Waals surface area contributed by atoms with Crippen LogP contribution >= 0.6 is 11.3 Å². The lowest BCUT2D eigenvalue weighted by molar-refractivity contribution is -0.385. The van der Waals surface area contributed by atoms with Crippen molar-refractivity contribution in [3.8, 4) is 11.3 Å². The van der Waals surface area contributed by atoms with Gasteiger partial charge in [-0.1, -0.05) is 6.07 Å². The van der Waals surface area contributed by atoms with E-state index in [2.05, 4.69) is 10.3 Å². The molecule has 3 rings (SSSR count). The van der Waals surface area contributed by atoms with Crippen LogP contribution in [0.25, 0.3) is 11.3 Å². The molecule has 0 radical (unpaired) electrons. The van der Waals surface area contributed by atoms with Gasteiger partial charge in [0.25, 0.3) is 11.6 Å². The number of nitro benzene ring substituents is 1. The van der Waals surface area contributed by atoms with Gasteiger partial charge in [0.2, 0.25) is 0 Å². The Hall–Kier alpha value is -3.20. The fraction of sp³-hybridized carbons (Fsp3) is 0.0588. The number of aromatic nitrogens is 1. The number of nitrogens with one attached hydrogen (secondary N) is 1. The molecule has 1 aromatic heterocycles. The maximum atomic E-state index is 13.8. The van der Waals surface area contributed by atoms with Gasteiger partial charge in [-0.3, -0.25) is 20.2 Å². The molecule has 1 amide bonds. The zero-order chi connectivity index (χ0) is 18.8. The number of anilines is 1. The van der Waals surface area contributed by atoms with E-state index in [0.717, 1.165) is 29.5 Å². The molecule has 26 heavy (non-hydrogen) atoms. The third kappa shape index (κ3) is 3.42. The van der Waals surface area contributed by atoms with Crippen LogP contribution in [0, 0.1) is 28.7 Å². The summed E-state index contributed by atoms with van der Waals surface area (Å²) in [4.78, 5) is 26.9. The minimum atomic E-state index is -0.635. The normalized spacial score (nSPS) is 10.6. The summed E-state index contributed by atoms with van der Waals surface area (Å²) in [5, 5.41) is 15.1. The standard InChI is InChI=1S/C17H11F2N3O3S/c1-9-11(3-2-4-15(9)22(24)25)16(23)21-17-20-14(8-26-17)12-7-10(18)5-6-13(12)19/h2-8H,1H3,(H,20,21,23). The van der Waals surface area contributed by atoms with Gasteiger partial charge in [0.1, 0.15) is 11.6 Å². The van der Waals surface area contributed by atoms with Gasteiger partial charge in [0.15, 0.2) is 5.13 Å². The highest BCUT2D eigenvalue weighted by Gasteiger charge is 2.19. The molecular weight excluding hydrogens is 364 g/mol. The summed E-state index contributed by atoms with van der Waals surface area (Å²) < 4.78 is 27.1. The first-order chi connectivity index (χ1) is 12.4. The van der Waals surface area contributed by atoms with Gasteiger partial charge in [-0.15, -0.1) is 11.3 Å². The van der Waals surface area contributed by atoms with Gasteiger partial charge in [-0.2, -0.15) is 0 Å². The zero-order valence-electron chi connectivity index (χ0n) is 13.3. The molecule has 0 atom stereocenters. The van der Waals surface area contributed by atoms with E-state index in [0.29, 0.717) is 0 Å². The smallest absolute Gasteiger partial charge is 0.273 e. The van der Waals surface area contributed by atoms with Crippen molar-refractivity contribution in [2.75, 3.05) is 5.32 Å². The highest BCUT2D eigenvalue weighted by Crippen LogP contribution is 2.28. The van der Waals surface area contributed by atoms with Gasteiger partial charge in [0, 0.05) is 28.1 Å². The molecule has 1 heterocycles. The second-order valence-electron chi connectivity index (χ2n) is 5.32. The predicted molar refractivity (Wildman–Crippen MR) is 93.3 cm³/mol. The number of halogens is 2. The Bertz CT molecular complexity index is 1020. The quantitative estimate of drug-likeness (QED) is 0.535. The van der Waals surface area contributed by atoms with E-state index in [9.17, 15) is 23.7 Å². The van der Waals surface area contributed by atoms with E-state index in [-0.39, 0.29) is 33.2 Å². The van der Waals surface area contributed by atoms with Crippen LogP contribution in [0.15, 0.2) is 41.8 Å². The first-order valence-electron chi connectivity index (χ1n) is 7.33. The molecule has 0 saturated heterocycles. The monoisotopic (exact) mass is 375 g/mol. The van der Waals surface area contributed by atoms with Crippen LogP contribution in [0.4, 0.5) is 19.6 Å². The van der Waals surface area contributed by atoms with Crippen molar-refractivity contribution in [1.82, 2.24) is 4.98 Å². The van der Waals surface area contributed by atoms with E-state index in [4.69, 9.17) is 0 Å². The van der Waals surface area contributed by atoms with Gasteiger partial charge < -0.3 is 0 Å². The average molecular weight is 375 g/mol. The Balaban J connectivity index is 1.86.